The molecule has 0 radical (unpaired) electrons. The van der Waals surface area contributed by atoms with Gasteiger partial charge in [0.25, 0.3) is 6.43 Å². The maximum absolute atomic E-state index is 12.4. The van der Waals surface area contributed by atoms with E-state index < -0.39 is 28.6 Å². The molecule has 0 spiro atoms. The van der Waals surface area contributed by atoms with E-state index in [1.54, 1.807) is 0 Å². The summed E-state index contributed by atoms with van der Waals surface area (Å²) in [6, 6.07) is 0. The van der Waals surface area contributed by atoms with Crippen LogP contribution in [0.4, 0.5) is 22.0 Å². The molecule has 0 N–H and O–H groups in total. The summed E-state index contributed by atoms with van der Waals surface area (Å²) in [7, 11) is 0. The number of alkyl halides is 5. The second kappa shape index (κ2) is 4.82. The molecule has 90 valence electrons. The fraction of sp³-hybridized carbons (Fsp3) is 0.286. The van der Waals surface area contributed by atoms with Crippen LogP contribution in [0.3, 0.4) is 0 Å². The van der Waals surface area contributed by atoms with Crippen LogP contribution in [0.15, 0.2) is 15.3 Å². The molecule has 0 aromatic carbocycles. The van der Waals surface area contributed by atoms with Crippen molar-refractivity contribution < 1.29 is 26.7 Å². The lowest BCUT2D eigenvalue weighted by atomic mass is 10.3. The first-order valence-corrected chi connectivity index (χ1v) is 5.18. The highest BCUT2D eigenvalue weighted by atomic mass is 79.9. The minimum absolute atomic E-state index is 0.318. The van der Waals surface area contributed by atoms with Gasteiger partial charge in [-0.25, -0.2) is 13.8 Å². The van der Waals surface area contributed by atoms with Crippen molar-refractivity contribution in [2.24, 2.45) is 0 Å². The quantitative estimate of drug-likeness (QED) is 0.567. The zero-order valence-electron chi connectivity index (χ0n) is 7.16. The highest BCUT2D eigenvalue weighted by molar-refractivity contribution is 9.11. The minimum Gasteiger partial charge on any atom is -0.402 e. The van der Waals surface area contributed by atoms with Gasteiger partial charge in [0.15, 0.2) is 5.75 Å². The van der Waals surface area contributed by atoms with E-state index in [0.717, 1.165) is 6.20 Å². The van der Waals surface area contributed by atoms with Gasteiger partial charge in [0.1, 0.15) is 4.60 Å². The summed E-state index contributed by atoms with van der Waals surface area (Å²) in [6.07, 6.45) is -7.18. The Morgan fingerprint density at radius 2 is 1.81 bits per heavy atom. The molecule has 0 saturated heterocycles. The molecule has 0 bridgehead atoms. The minimum atomic E-state index is -4.98. The van der Waals surface area contributed by atoms with Crippen LogP contribution in [0, 0.1) is 0 Å². The second-order valence-electron chi connectivity index (χ2n) is 2.50. The van der Waals surface area contributed by atoms with Gasteiger partial charge in [-0.2, -0.15) is 0 Å². The Morgan fingerprint density at radius 1 is 1.25 bits per heavy atom. The number of ether oxygens (including phenoxy) is 1. The van der Waals surface area contributed by atoms with E-state index in [1.165, 1.54) is 0 Å². The van der Waals surface area contributed by atoms with Gasteiger partial charge >= 0.3 is 6.36 Å². The lowest BCUT2D eigenvalue weighted by Crippen LogP contribution is -2.18. The average Bonchev–Trinajstić information content (AvgIpc) is 2.10. The lowest BCUT2D eigenvalue weighted by molar-refractivity contribution is -0.275. The Morgan fingerprint density at radius 3 is 2.25 bits per heavy atom. The summed E-state index contributed by atoms with van der Waals surface area (Å²) in [4.78, 5) is 3.33. The maximum Gasteiger partial charge on any atom is 0.573 e. The molecule has 0 fully saturated rings. The molecule has 0 aliphatic carbocycles. The van der Waals surface area contributed by atoms with Gasteiger partial charge in [0, 0.05) is 6.20 Å². The zero-order chi connectivity index (χ0) is 12.5. The third-order valence-corrected chi connectivity index (χ3v) is 2.79. The van der Waals surface area contributed by atoms with Crippen molar-refractivity contribution >= 4 is 31.9 Å². The topological polar surface area (TPSA) is 22.1 Å². The van der Waals surface area contributed by atoms with Crippen molar-refractivity contribution in [2.75, 3.05) is 0 Å². The molecule has 2 nitrogen and oxygen atoms in total. The molecule has 0 amide bonds. The third-order valence-electron chi connectivity index (χ3n) is 1.41. The van der Waals surface area contributed by atoms with Crippen molar-refractivity contribution in [2.45, 2.75) is 12.8 Å². The van der Waals surface area contributed by atoms with Crippen LogP contribution in [0.25, 0.3) is 0 Å². The summed E-state index contributed by atoms with van der Waals surface area (Å²) >= 11 is 5.28. The Kier molecular flexibility index (Phi) is 4.11. The van der Waals surface area contributed by atoms with E-state index in [9.17, 15) is 22.0 Å². The SMILES string of the molecule is FC(F)c1cnc(Br)c(OC(F)(F)F)c1Br. The molecule has 0 aliphatic heterocycles. The van der Waals surface area contributed by atoms with Crippen LogP contribution in [-0.2, 0) is 0 Å². The van der Waals surface area contributed by atoms with Crippen molar-refractivity contribution in [3.8, 4) is 5.75 Å². The Labute approximate surface area is 103 Å². The van der Waals surface area contributed by atoms with Crippen molar-refractivity contribution in [1.29, 1.82) is 0 Å². The van der Waals surface area contributed by atoms with E-state index in [4.69, 9.17) is 0 Å². The fourth-order valence-corrected chi connectivity index (χ4v) is 2.01. The Bertz CT molecular complexity index is 395. The van der Waals surface area contributed by atoms with E-state index in [2.05, 4.69) is 41.6 Å². The smallest absolute Gasteiger partial charge is 0.402 e. The van der Waals surface area contributed by atoms with Crippen LogP contribution >= 0.6 is 31.9 Å². The maximum atomic E-state index is 12.4. The van der Waals surface area contributed by atoms with E-state index >= 15 is 0 Å². The molecule has 0 aliphatic rings. The van der Waals surface area contributed by atoms with Crippen LogP contribution in [0.5, 0.6) is 5.75 Å². The number of aromatic nitrogens is 1. The molecule has 1 aromatic heterocycles. The molecule has 0 saturated carbocycles. The number of hydrogen-bond acceptors (Lipinski definition) is 2. The molecule has 1 rings (SSSR count). The first-order chi connectivity index (χ1) is 7.22. The van der Waals surface area contributed by atoms with Gasteiger partial charge in [-0.05, 0) is 31.9 Å². The van der Waals surface area contributed by atoms with Gasteiger partial charge in [-0.3, -0.25) is 0 Å². The van der Waals surface area contributed by atoms with Crippen LogP contribution in [-0.4, -0.2) is 11.3 Å². The van der Waals surface area contributed by atoms with Crippen molar-refractivity contribution in [1.82, 2.24) is 4.98 Å². The highest BCUT2D eigenvalue weighted by Gasteiger charge is 2.34. The van der Waals surface area contributed by atoms with Crippen molar-refractivity contribution in [3.63, 3.8) is 0 Å². The highest BCUT2D eigenvalue weighted by Crippen LogP contribution is 2.40. The predicted octanol–water partition coefficient (Wildman–Crippen LogP) is 4.44. The molecular formula is C7H2Br2F5NO. The van der Waals surface area contributed by atoms with Crippen LogP contribution in [0.2, 0.25) is 0 Å². The number of rotatable bonds is 2. The fourth-order valence-electron chi connectivity index (χ4n) is 0.818. The molecular weight excluding hydrogens is 369 g/mol. The average molecular weight is 371 g/mol. The van der Waals surface area contributed by atoms with Crippen LogP contribution < -0.4 is 4.74 Å². The molecule has 0 unspecified atom stereocenters. The van der Waals surface area contributed by atoms with Gasteiger partial charge in [-0.15, -0.1) is 13.2 Å². The van der Waals surface area contributed by atoms with Gasteiger partial charge in [0.05, 0.1) is 10.0 Å². The van der Waals surface area contributed by atoms with Crippen molar-refractivity contribution in [3.05, 3.63) is 20.8 Å². The second-order valence-corrected chi connectivity index (χ2v) is 4.04. The van der Waals surface area contributed by atoms with E-state index in [0.29, 0.717) is 0 Å². The molecule has 9 heteroatoms. The number of halogens is 7. The number of hydrogen-bond donors (Lipinski definition) is 0. The largest absolute Gasteiger partial charge is 0.573 e. The monoisotopic (exact) mass is 369 g/mol. The van der Waals surface area contributed by atoms with Gasteiger partial charge < -0.3 is 4.74 Å². The van der Waals surface area contributed by atoms with Gasteiger partial charge in [-0.1, -0.05) is 0 Å². The third kappa shape index (κ3) is 3.27. The number of nitrogens with zero attached hydrogens (tertiary/aromatic N) is 1. The summed E-state index contributed by atoms with van der Waals surface area (Å²) in [5.41, 5.74) is -0.678. The standard InChI is InChI=1S/C7H2Br2F5NO/c8-3-2(6(10)11)1-15-5(9)4(3)16-7(12,13)14/h1,6H. The molecule has 1 aromatic rings. The number of pyridine rings is 1. The summed E-state index contributed by atoms with van der Waals surface area (Å²) in [5.74, 6) is -0.828. The summed E-state index contributed by atoms with van der Waals surface area (Å²) in [5, 5.41) is 0. The van der Waals surface area contributed by atoms with Gasteiger partial charge in [0.2, 0.25) is 0 Å². The predicted molar refractivity (Wildman–Crippen MR) is 51.3 cm³/mol. The molecule has 1 heterocycles. The lowest BCUT2D eigenvalue weighted by Gasteiger charge is -2.13. The van der Waals surface area contributed by atoms with E-state index in [-0.39, 0.29) is 4.60 Å². The zero-order valence-corrected chi connectivity index (χ0v) is 10.3. The summed E-state index contributed by atoms with van der Waals surface area (Å²) in [6.45, 7) is 0. The first kappa shape index (κ1) is 13.6. The molecule has 0 atom stereocenters. The van der Waals surface area contributed by atoms with Crippen LogP contribution in [0.1, 0.15) is 12.0 Å². The van der Waals surface area contributed by atoms with E-state index in [1.807, 2.05) is 0 Å². The Hall–Kier alpha value is -0.440. The molecule has 16 heavy (non-hydrogen) atoms. The first-order valence-electron chi connectivity index (χ1n) is 3.60. The summed E-state index contributed by atoms with van der Waals surface area (Å²) < 4.78 is 63.3. The normalized spacial score (nSPS) is 12.0. The Balaban J connectivity index is 3.21.